The van der Waals surface area contributed by atoms with E-state index in [0.717, 1.165) is 23.3 Å². The molecule has 1 aromatic rings. The summed E-state index contributed by atoms with van der Waals surface area (Å²) in [6.07, 6.45) is 0.0937. The van der Waals surface area contributed by atoms with E-state index in [2.05, 4.69) is 5.32 Å². The van der Waals surface area contributed by atoms with Gasteiger partial charge in [-0.15, -0.1) is 0 Å². The van der Waals surface area contributed by atoms with Crippen LogP contribution in [0, 0.1) is 0 Å². The van der Waals surface area contributed by atoms with Gasteiger partial charge in [-0.1, -0.05) is 18.2 Å². The van der Waals surface area contributed by atoms with Crippen molar-refractivity contribution in [1.29, 1.82) is 0 Å². The third-order valence-corrected chi connectivity index (χ3v) is 3.33. The quantitative estimate of drug-likeness (QED) is 0.928. The molecule has 5 nitrogen and oxygen atoms in total. The van der Waals surface area contributed by atoms with Gasteiger partial charge in [0, 0.05) is 24.9 Å². The van der Waals surface area contributed by atoms with Gasteiger partial charge in [-0.3, -0.25) is 0 Å². The van der Waals surface area contributed by atoms with Crippen molar-refractivity contribution in [3.8, 4) is 5.75 Å². The molecular weight excluding hydrogens is 282 g/mol. The van der Waals surface area contributed by atoms with Gasteiger partial charge in [-0.2, -0.15) is 0 Å². The SMILES string of the molecule is CC([O])CC1Cc2cccc(CNC(=O)OC(C)(C)C)c2O1. The van der Waals surface area contributed by atoms with Crippen LogP contribution < -0.4 is 10.1 Å². The molecule has 2 atom stereocenters. The predicted molar refractivity (Wildman–Crippen MR) is 82.4 cm³/mol. The fourth-order valence-corrected chi connectivity index (χ4v) is 2.53. The van der Waals surface area contributed by atoms with Gasteiger partial charge < -0.3 is 14.8 Å². The summed E-state index contributed by atoms with van der Waals surface area (Å²) in [7, 11) is 0. The molecule has 0 saturated heterocycles. The molecule has 1 amide bonds. The Morgan fingerprint density at radius 1 is 1.45 bits per heavy atom. The van der Waals surface area contributed by atoms with Crippen molar-refractivity contribution in [2.45, 2.75) is 64.9 Å². The summed E-state index contributed by atoms with van der Waals surface area (Å²) >= 11 is 0. The third-order valence-electron chi connectivity index (χ3n) is 3.33. The number of nitrogens with one attached hydrogen (secondary N) is 1. The molecule has 1 aliphatic rings. The Kier molecular flexibility index (Phi) is 4.96. The number of hydrogen-bond acceptors (Lipinski definition) is 3. The topological polar surface area (TPSA) is 67.5 Å². The number of carbonyl (C=O) groups excluding carboxylic acids is 1. The lowest BCUT2D eigenvalue weighted by molar-refractivity contribution is 0.0523. The maximum atomic E-state index is 11.7. The second-order valence-corrected chi connectivity index (χ2v) is 6.75. The van der Waals surface area contributed by atoms with E-state index in [4.69, 9.17) is 9.47 Å². The highest BCUT2D eigenvalue weighted by Crippen LogP contribution is 2.34. The van der Waals surface area contributed by atoms with Crippen LogP contribution in [0.3, 0.4) is 0 Å². The highest BCUT2D eigenvalue weighted by Gasteiger charge is 2.26. The van der Waals surface area contributed by atoms with Crippen molar-refractivity contribution >= 4 is 6.09 Å². The Morgan fingerprint density at radius 3 is 2.82 bits per heavy atom. The van der Waals surface area contributed by atoms with E-state index < -0.39 is 17.8 Å². The standard InChI is InChI=1S/C17H24NO4/c1-11(19)8-14-9-12-6-5-7-13(15(12)21-14)10-18-16(20)22-17(2,3)4/h5-7,11,14H,8-10H2,1-4H3,(H,18,20). The maximum Gasteiger partial charge on any atom is 0.407 e. The van der Waals surface area contributed by atoms with Gasteiger partial charge in [-0.05, 0) is 33.3 Å². The molecule has 2 rings (SSSR count). The number of ether oxygens (including phenoxy) is 2. The van der Waals surface area contributed by atoms with Crippen molar-refractivity contribution in [1.82, 2.24) is 5.32 Å². The van der Waals surface area contributed by atoms with Crippen molar-refractivity contribution in [3.05, 3.63) is 29.3 Å². The zero-order valence-corrected chi connectivity index (χ0v) is 13.6. The van der Waals surface area contributed by atoms with Gasteiger partial charge in [0.15, 0.2) is 0 Å². The van der Waals surface area contributed by atoms with Crippen LogP contribution in [0.1, 0.15) is 45.2 Å². The normalized spacial score (nSPS) is 18.3. The van der Waals surface area contributed by atoms with E-state index in [1.54, 1.807) is 6.92 Å². The molecule has 5 heteroatoms. The zero-order chi connectivity index (χ0) is 16.3. The molecule has 121 valence electrons. The molecule has 22 heavy (non-hydrogen) atoms. The van der Waals surface area contributed by atoms with Crippen LogP contribution >= 0.6 is 0 Å². The number of rotatable bonds is 4. The van der Waals surface area contributed by atoms with Gasteiger partial charge in [0.25, 0.3) is 0 Å². The minimum atomic E-state index is -0.636. The average molecular weight is 306 g/mol. The summed E-state index contributed by atoms with van der Waals surface area (Å²) in [5, 5.41) is 14.1. The Bertz CT molecular complexity index is 534. The average Bonchev–Trinajstić information content (AvgIpc) is 2.75. The molecule has 0 aliphatic carbocycles. The molecule has 1 aromatic carbocycles. The molecule has 1 heterocycles. The number of benzene rings is 1. The fraction of sp³-hybridized carbons (Fsp3) is 0.588. The predicted octanol–water partition coefficient (Wildman–Crippen LogP) is 3.22. The largest absolute Gasteiger partial charge is 0.489 e. The van der Waals surface area contributed by atoms with E-state index in [-0.39, 0.29) is 6.10 Å². The third kappa shape index (κ3) is 4.63. The lowest BCUT2D eigenvalue weighted by atomic mass is 10.0. The van der Waals surface area contributed by atoms with Crippen LogP contribution in [0.25, 0.3) is 0 Å². The molecule has 1 N–H and O–H groups in total. The summed E-state index contributed by atoms with van der Waals surface area (Å²) < 4.78 is 11.1. The molecule has 0 fully saturated rings. The Labute approximate surface area is 131 Å². The smallest absolute Gasteiger partial charge is 0.407 e. The Hall–Kier alpha value is -1.75. The lowest BCUT2D eigenvalue weighted by Gasteiger charge is -2.20. The number of para-hydroxylation sites is 1. The van der Waals surface area contributed by atoms with Crippen LogP contribution in [0.5, 0.6) is 5.75 Å². The second kappa shape index (κ2) is 6.57. The first-order valence-electron chi connectivity index (χ1n) is 7.64. The van der Waals surface area contributed by atoms with Gasteiger partial charge in [0.1, 0.15) is 17.5 Å². The Balaban J connectivity index is 1.97. The van der Waals surface area contributed by atoms with Gasteiger partial charge >= 0.3 is 6.09 Å². The molecule has 0 spiro atoms. The summed E-state index contributed by atoms with van der Waals surface area (Å²) in [6, 6.07) is 5.86. The maximum absolute atomic E-state index is 11.7. The minimum absolute atomic E-state index is 0.0647. The van der Waals surface area contributed by atoms with Gasteiger partial charge in [0.2, 0.25) is 0 Å². The molecular formula is C17H24NO4. The van der Waals surface area contributed by atoms with Gasteiger partial charge in [-0.25, -0.2) is 9.90 Å². The van der Waals surface area contributed by atoms with Crippen LogP contribution in [-0.2, 0) is 22.8 Å². The number of fused-ring (bicyclic) bond motifs is 1. The zero-order valence-electron chi connectivity index (χ0n) is 13.6. The number of carbonyl (C=O) groups is 1. The second-order valence-electron chi connectivity index (χ2n) is 6.75. The van der Waals surface area contributed by atoms with E-state index in [0.29, 0.717) is 13.0 Å². The summed E-state index contributed by atoms with van der Waals surface area (Å²) in [5.74, 6) is 0.796. The van der Waals surface area contributed by atoms with E-state index in [1.165, 1.54) is 0 Å². The number of amides is 1. The lowest BCUT2D eigenvalue weighted by Crippen LogP contribution is -2.32. The van der Waals surface area contributed by atoms with Crippen molar-refractivity contribution in [2.75, 3.05) is 0 Å². The summed E-state index contributed by atoms with van der Waals surface area (Å²) in [5.41, 5.74) is 1.48. The Morgan fingerprint density at radius 2 is 2.18 bits per heavy atom. The van der Waals surface area contributed by atoms with Crippen LogP contribution in [0.15, 0.2) is 18.2 Å². The van der Waals surface area contributed by atoms with Crippen molar-refractivity contribution in [3.63, 3.8) is 0 Å². The molecule has 1 radical (unpaired) electrons. The highest BCUT2D eigenvalue weighted by atomic mass is 16.6. The van der Waals surface area contributed by atoms with Crippen molar-refractivity contribution in [2.24, 2.45) is 0 Å². The van der Waals surface area contributed by atoms with Gasteiger partial charge in [0.05, 0.1) is 6.10 Å². The molecule has 0 saturated carbocycles. The fourth-order valence-electron chi connectivity index (χ4n) is 2.53. The van der Waals surface area contributed by atoms with Crippen LogP contribution in [0.2, 0.25) is 0 Å². The highest BCUT2D eigenvalue weighted by molar-refractivity contribution is 5.68. The van der Waals surface area contributed by atoms with Crippen molar-refractivity contribution < 1.29 is 19.4 Å². The summed E-state index contributed by atoms with van der Waals surface area (Å²) in [4.78, 5) is 11.7. The number of alkyl carbamates (subject to hydrolysis) is 1. The van der Waals surface area contributed by atoms with E-state index >= 15 is 0 Å². The minimum Gasteiger partial charge on any atom is -0.489 e. The first-order chi connectivity index (χ1) is 10.2. The molecule has 0 bridgehead atoms. The molecule has 2 unspecified atom stereocenters. The molecule has 0 aromatic heterocycles. The van der Waals surface area contributed by atoms with Crippen LogP contribution in [-0.4, -0.2) is 23.9 Å². The van der Waals surface area contributed by atoms with E-state index in [9.17, 15) is 9.90 Å². The monoisotopic (exact) mass is 306 g/mol. The van der Waals surface area contributed by atoms with E-state index in [1.807, 2.05) is 39.0 Å². The van der Waals surface area contributed by atoms with Crippen LogP contribution in [0.4, 0.5) is 4.79 Å². The molecule has 1 aliphatic heterocycles. The summed E-state index contributed by atoms with van der Waals surface area (Å²) in [6.45, 7) is 7.47. The number of hydrogen-bond donors (Lipinski definition) is 1. The first kappa shape index (κ1) is 16.6. The first-order valence-corrected chi connectivity index (χ1v) is 7.64.